The molecule has 2 aromatic rings. The van der Waals surface area contributed by atoms with Gasteiger partial charge in [0.1, 0.15) is 6.10 Å². The number of rotatable bonds is 11. The molecule has 6 nitrogen and oxygen atoms in total. The van der Waals surface area contributed by atoms with E-state index >= 15 is 0 Å². The summed E-state index contributed by atoms with van der Waals surface area (Å²) in [6.07, 6.45) is 3.25. The quantitative estimate of drug-likeness (QED) is 0.414. The Hall–Kier alpha value is -1.60. The van der Waals surface area contributed by atoms with E-state index in [0.717, 1.165) is 25.0 Å². The molecular formula is C22H36ClN3O3. The molecule has 0 spiro atoms. The van der Waals surface area contributed by atoms with E-state index in [1.807, 2.05) is 0 Å². The summed E-state index contributed by atoms with van der Waals surface area (Å²) in [6.45, 7) is 7.23. The number of nitrogens with two attached hydrogens (primary N) is 2. The Morgan fingerprint density at radius 1 is 1.28 bits per heavy atom. The van der Waals surface area contributed by atoms with E-state index in [-0.39, 0.29) is 24.2 Å². The van der Waals surface area contributed by atoms with Crippen molar-refractivity contribution < 1.29 is 14.6 Å². The molecular weight excluding hydrogens is 390 g/mol. The second kappa shape index (κ2) is 11.6. The van der Waals surface area contributed by atoms with Crippen LogP contribution >= 0.6 is 12.4 Å². The summed E-state index contributed by atoms with van der Waals surface area (Å²) in [7, 11) is 1.72. The number of aromatic amines is 1. The molecule has 4 atom stereocenters. The zero-order valence-corrected chi connectivity index (χ0v) is 18.7. The van der Waals surface area contributed by atoms with Crippen molar-refractivity contribution in [1.29, 1.82) is 0 Å². The number of H-pyrrole nitrogens is 1. The molecule has 2 rings (SSSR count). The van der Waals surface area contributed by atoms with Crippen molar-refractivity contribution in [3.63, 3.8) is 0 Å². The second-order valence-electron chi connectivity index (χ2n) is 8.16. The van der Waals surface area contributed by atoms with E-state index in [1.54, 1.807) is 7.11 Å². The Morgan fingerprint density at radius 3 is 2.55 bits per heavy atom. The minimum Gasteiger partial charge on any atom is -0.385 e. The van der Waals surface area contributed by atoms with Crippen molar-refractivity contribution in [2.24, 2.45) is 23.3 Å². The molecule has 0 bridgehead atoms. The molecule has 1 heterocycles. The number of aromatic nitrogens is 1. The highest BCUT2D eigenvalue weighted by Crippen LogP contribution is 2.35. The van der Waals surface area contributed by atoms with E-state index < -0.39 is 18.1 Å². The van der Waals surface area contributed by atoms with E-state index in [9.17, 15) is 9.90 Å². The molecule has 4 unspecified atom stereocenters. The zero-order valence-electron chi connectivity index (χ0n) is 17.9. The van der Waals surface area contributed by atoms with Gasteiger partial charge in [-0.05, 0) is 60.3 Å². The second-order valence-corrected chi connectivity index (χ2v) is 8.16. The van der Waals surface area contributed by atoms with Gasteiger partial charge in [0.2, 0.25) is 5.91 Å². The Morgan fingerprint density at radius 2 is 1.97 bits per heavy atom. The number of methoxy groups -OCH3 is 1. The number of ether oxygens (including phenoxy) is 1. The summed E-state index contributed by atoms with van der Waals surface area (Å²) < 4.78 is 5.17. The summed E-state index contributed by atoms with van der Waals surface area (Å²) in [5.74, 6) is 0.0379. The predicted octanol–water partition coefficient (Wildman–Crippen LogP) is 3.11. The molecule has 1 aromatic heterocycles. The number of aryl methyl sites for hydroxylation is 1. The smallest absolute Gasteiger partial charge is 0.247 e. The first-order chi connectivity index (χ1) is 13.3. The third kappa shape index (κ3) is 6.44. The summed E-state index contributed by atoms with van der Waals surface area (Å²) >= 11 is 0. The lowest BCUT2D eigenvalue weighted by Gasteiger charge is -2.31. The van der Waals surface area contributed by atoms with Crippen molar-refractivity contribution in [3.05, 3.63) is 35.5 Å². The highest BCUT2D eigenvalue weighted by Gasteiger charge is 2.29. The topological polar surface area (TPSA) is 114 Å². The predicted molar refractivity (Wildman–Crippen MR) is 120 cm³/mol. The lowest BCUT2D eigenvalue weighted by atomic mass is 9.76. The van der Waals surface area contributed by atoms with Gasteiger partial charge in [0.25, 0.3) is 0 Å². The van der Waals surface area contributed by atoms with Gasteiger partial charge in [0.05, 0.1) is 0 Å². The number of aliphatic hydroxyl groups excluding tert-OH is 1. The summed E-state index contributed by atoms with van der Waals surface area (Å²) in [5, 5.41) is 11.2. The molecule has 0 aliphatic carbocycles. The summed E-state index contributed by atoms with van der Waals surface area (Å²) in [4.78, 5) is 14.6. The Bertz CT molecular complexity index is 778. The van der Waals surface area contributed by atoms with Gasteiger partial charge in [-0.25, -0.2) is 0 Å². The van der Waals surface area contributed by atoms with Crippen LogP contribution in [0.15, 0.2) is 24.4 Å². The molecule has 29 heavy (non-hydrogen) atoms. The molecule has 0 saturated heterocycles. The highest BCUT2D eigenvalue weighted by molar-refractivity contribution is 5.85. The van der Waals surface area contributed by atoms with Crippen molar-refractivity contribution >= 4 is 29.2 Å². The van der Waals surface area contributed by atoms with E-state index in [1.165, 1.54) is 16.5 Å². The van der Waals surface area contributed by atoms with Crippen molar-refractivity contribution in [2.75, 3.05) is 13.7 Å². The summed E-state index contributed by atoms with van der Waals surface area (Å²) in [6, 6.07) is 5.86. The molecule has 0 aliphatic rings. The maximum absolute atomic E-state index is 11.3. The van der Waals surface area contributed by atoms with Crippen LogP contribution in [0.2, 0.25) is 0 Å². The van der Waals surface area contributed by atoms with Crippen LogP contribution in [0.25, 0.3) is 10.9 Å². The number of hydrogen-bond donors (Lipinski definition) is 4. The maximum atomic E-state index is 11.3. The molecule has 7 heteroatoms. The van der Waals surface area contributed by atoms with Crippen LogP contribution in [0.5, 0.6) is 0 Å². The Balaban J connectivity index is 0.00000420. The fraction of sp³-hybridized carbons (Fsp3) is 0.591. The standard InChI is InChI=1S/C22H35N3O3.ClH/c1-13(2)17(11-19(23)21(26)22(24)27)14(3)15-7-8-20-18(10-15)16(12-25-20)6-5-9-28-4;/h7-8,10,12-14,17,19,21,25-26H,5-6,9,11,23H2,1-4H3,(H2,24,27);1H. The number of hydrogen-bond acceptors (Lipinski definition) is 4. The van der Waals surface area contributed by atoms with Gasteiger partial charge < -0.3 is 26.3 Å². The maximum Gasteiger partial charge on any atom is 0.247 e. The molecule has 6 N–H and O–H groups in total. The Kier molecular flexibility index (Phi) is 10.1. The molecule has 1 amide bonds. The van der Waals surface area contributed by atoms with E-state index in [2.05, 4.69) is 50.2 Å². The van der Waals surface area contributed by atoms with E-state index in [4.69, 9.17) is 16.2 Å². The number of benzene rings is 1. The molecule has 0 fully saturated rings. The van der Waals surface area contributed by atoms with Gasteiger partial charge in [-0.15, -0.1) is 12.4 Å². The molecule has 164 valence electrons. The average molecular weight is 426 g/mol. The number of fused-ring (bicyclic) bond motifs is 1. The number of carbonyl (C=O) groups excluding carboxylic acids is 1. The van der Waals surface area contributed by atoms with Crippen molar-refractivity contribution in [1.82, 2.24) is 4.98 Å². The molecule has 0 radical (unpaired) electrons. The largest absolute Gasteiger partial charge is 0.385 e. The molecule has 0 aliphatic heterocycles. The van der Waals surface area contributed by atoms with Crippen LogP contribution in [0.1, 0.15) is 50.7 Å². The van der Waals surface area contributed by atoms with Crippen molar-refractivity contribution in [2.45, 2.75) is 58.1 Å². The third-order valence-electron chi connectivity index (χ3n) is 5.85. The van der Waals surface area contributed by atoms with Crippen LogP contribution in [0, 0.1) is 11.8 Å². The summed E-state index contributed by atoms with van der Waals surface area (Å²) in [5.41, 5.74) is 14.9. The van der Waals surface area contributed by atoms with Gasteiger partial charge in [-0.2, -0.15) is 0 Å². The average Bonchev–Trinajstić information content (AvgIpc) is 3.06. The lowest BCUT2D eigenvalue weighted by Crippen LogP contribution is -2.45. The van der Waals surface area contributed by atoms with Gasteiger partial charge in [-0.1, -0.05) is 26.8 Å². The number of carbonyl (C=O) groups is 1. The first-order valence-corrected chi connectivity index (χ1v) is 10.1. The lowest BCUT2D eigenvalue weighted by molar-refractivity contribution is -0.127. The first kappa shape index (κ1) is 25.4. The van der Waals surface area contributed by atoms with Crippen molar-refractivity contribution in [3.8, 4) is 0 Å². The minimum atomic E-state index is -1.31. The number of primary amides is 1. The fourth-order valence-electron chi connectivity index (χ4n) is 4.05. The van der Waals surface area contributed by atoms with Gasteiger partial charge in [-0.3, -0.25) is 4.79 Å². The molecule has 0 saturated carbocycles. The zero-order chi connectivity index (χ0) is 20.8. The first-order valence-electron chi connectivity index (χ1n) is 10.1. The highest BCUT2D eigenvalue weighted by atomic mass is 35.5. The van der Waals surface area contributed by atoms with Crippen LogP contribution in [-0.2, 0) is 16.0 Å². The van der Waals surface area contributed by atoms with Crippen LogP contribution in [0.3, 0.4) is 0 Å². The Labute approximate surface area is 179 Å². The van der Waals surface area contributed by atoms with Gasteiger partial charge in [0.15, 0.2) is 0 Å². The number of amides is 1. The van der Waals surface area contributed by atoms with Gasteiger partial charge >= 0.3 is 0 Å². The monoisotopic (exact) mass is 425 g/mol. The van der Waals surface area contributed by atoms with E-state index in [0.29, 0.717) is 12.3 Å². The van der Waals surface area contributed by atoms with Gasteiger partial charge in [0, 0.05) is 36.9 Å². The van der Waals surface area contributed by atoms with Crippen LogP contribution < -0.4 is 11.5 Å². The third-order valence-corrected chi connectivity index (χ3v) is 5.85. The number of halogens is 1. The SMILES string of the molecule is COCCCc1c[nH]c2ccc(C(C)C(CC(N)C(O)C(N)=O)C(C)C)cc12.Cl. The molecule has 1 aromatic carbocycles. The van der Waals surface area contributed by atoms with Crippen LogP contribution in [0.4, 0.5) is 0 Å². The fourth-order valence-corrected chi connectivity index (χ4v) is 4.05. The minimum absolute atomic E-state index is 0. The number of aliphatic hydroxyl groups is 1. The van der Waals surface area contributed by atoms with Crippen LogP contribution in [-0.4, -0.2) is 41.9 Å². The number of nitrogens with one attached hydrogen (secondary N) is 1. The normalized spacial score (nSPS) is 15.7.